The van der Waals surface area contributed by atoms with Gasteiger partial charge in [-0.1, -0.05) is 35.0 Å². The fourth-order valence-electron chi connectivity index (χ4n) is 3.45. The zero-order valence-corrected chi connectivity index (χ0v) is 14.1. The molecule has 0 bridgehead atoms. The van der Waals surface area contributed by atoms with Crippen LogP contribution in [-0.2, 0) is 0 Å². The van der Waals surface area contributed by atoms with E-state index in [1.54, 1.807) is 0 Å². The van der Waals surface area contributed by atoms with Crippen molar-refractivity contribution in [2.45, 2.75) is 52.5 Å². The number of halogens is 1. The van der Waals surface area contributed by atoms with Gasteiger partial charge in [0.05, 0.1) is 0 Å². The standard InChI is InChI=1S/C17H26BrN/c1-12-7-9-19(10-8-12)16-6-5-13(2)17(16)14(3)11-15(4)18/h11-12,16H,2,5-10H2,1,3-4H3/b15-11+,17-14+. The van der Waals surface area contributed by atoms with Crippen molar-refractivity contribution in [2.24, 2.45) is 5.92 Å². The van der Waals surface area contributed by atoms with Gasteiger partial charge < -0.3 is 0 Å². The fraction of sp³-hybridized carbons (Fsp3) is 0.647. The maximum absolute atomic E-state index is 4.29. The molecule has 1 saturated carbocycles. The third-order valence-corrected chi connectivity index (χ3v) is 4.76. The molecule has 1 nitrogen and oxygen atoms in total. The lowest BCUT2D eigenvalue weighted by Crippen LogP contribution is -2.40. The lowest BCUT2D eigenvalue weighted by atomic mass is 9.94. The zero-order valence-electron chi connectivity index (χ0n) is 12.5. The van der Waals surface area contributed by atoms with Gasteiger partial charge in [0, 0.05) is 6.04 Å². The Bertz CT molecular complexity index is 407. The van der Waals surface area contributed by atoms with Gasteiger partial charge in [-0.2, -0.15) is 0 Å². The van der Waals surface area contributed by atoms with Crippen molar-refractivity contribution in [1.82, 2.24) is 4.90 Å². The summed E-state index contributed by atoms with van der Waals surface area (Å²) in [6.45, 7) is 13.5. The first kappa shape index (κ1) is 15.1. The molecule has 2 aliphatic rings. The molecule has 19 heavy (non-hydrogen) atoms. The number of allylic oxidation sites excluding steroid dienone is 3. The van der Waals surface area contributed by atoms with Gasteiger partial charge in [0.2, 0.25) is 0 Å². The molecule has 1 heterocycles. The van der Waals surface area contributed by atoms with Crippen LogP contribution < -0.4 is 0 Å². The van der Waals surface area contributed by atoms with Gasteiger partial charge in [0.15, 0.2) is 0 Å². The lowest BCUT2D eigenvalue weighted by Gasteiger charge is -2.36. The molecule has 2 fully saturated rings. The zero-order chi connectivity index (χ0) is 14.0. The minimum Gasteiger partial charge on any atom is -0.296 e. The smallest absolute Gasteiger partial charge is 0.0356 e. The van der Waals surface area contributed by atoms with E-state index in [-0.39, 0.29) is 0 Å². The quantitative estimate of drug-likeness (QED) is 0.687. The monoisotopic (exact) mass is 323 g/mol. The summed E-state index contributed by atoms with van der Waals surface area (Å²) in [4.78, 5) is 2.69. The first-order valence-electron chi connectivity index (χ1n) is 7.45. The average molecular weight is 324 g/mol. The summed E-state index contributed by atoms with van der Waals surface area (Å²) in [6, 6.07) is 0.614. The third kappa shape index (κ3) is 3.61. The van der Waals surface area contributed by atoms with Crippen LogP contribution in [0.4, 0.5) is 0 Å². The molecule has 0 radical (unpaired) electrons. The van der Waals surface area contributed by atoms with Gasteiger partial charge >= 0.3 is 0 Å². The van der Waals surface area contributed by atoms with Crippen LogP contribution in [-0.4, -0.2) is 24.0 Å². The lowest BCUT2D eigenvalue weighted by molar-refractivity contribution is 0.157. The van der Waals surface area contributed by atoms with Crippen LogP contribution in [0.3, 0.4) is 0 Å². The number of hydrogen-bond acceptors (Lipinski definition) is 1. The maximum atomic E-state index is 4.29. The van der Waals surface area contributed by atoms with E-state index in [0.717, 1.165) is 5.92 Å². The van der Waals surface area contributed by atoms with Crippen LogP contribution >= 0.6 is 15.9 Å². The highest BCUT2D eigenvalue weighted by Crippen LogP contribution is 2.37. The summed E-state index contributed by atoms with van der Waals surface area (Å²) in [7, 11) is 0. The van der Waals surface area contributed by atoms with Crippen LogP contribution in [0.25, 0.3) is 0 Å². The minimum absolute atomic E-state index is 0.614. The van der Waals surface area contributed by atoms with Crippen molar-refractivity contribution in [3.63, 3.8) is 0 Å². The molecule has 1 aliphatic carbocycles. The van der Waals surface area contributed by atoms with Gasteiger partial charge in [-0.3, -0.25) is 4.90 Å². The Morgan fingerprint density at radius 2 is 1.89 bits per heavy atom. The van der Waals surface area contributed by atoms with Gasteiger partial charge in [0.1, 0.15) is 0 Å². The normalized spacial score (nSPS) is 30.0. The van der Waals surface area contributed by atoms with Crippen molar-refractivity contribution in [3.05, 3.63) is 33.9 Å². The molecule has 0 spiro atoms. The number of likely N-dealkylation sites (tertiary alicyclic amines) is 1. The molecule has 0 amide bonds. The van der Waals surface area contributed by atoms with Crippen molar-refractivity contribution < 1.29 is 0 Å². The largest absolute Gasteiger partial charge is 0.296 e. The molecule has 106 valence electrons. The van der Waals surface area contributed by atoms with Crippen LogP contribution in [0.5, 0.6) is 0 Å². The van der Waals surface area contributed by atoms with Gasteiger partial charge in [-0.25, -0.2) is 0 Å². The SMILES string of the molecule is C=C1CCC(N2CCC(C)CC2)/C1=C(C)/C=C(\C)Br. The highest BCUT2D eigenvalue weighted by Gasteiger charge is 2.32. The molecule has 1 aliphatic heterocycles. The molecule has 1 unspecified atom stereocenters. The summed E-state index contributed by atoms with van der Waals surface area (Å²) in [5, 5.41) is 0. The van der Waals surface area contributed by atoms with E-state index in [0.29, 0.717) is 6.04 Å². The van der Waals surface area contributed by atoms with Crippen LogP contribution in [0.15, 0.2) is 33.9 Å². The van der Waals surface area contributed by atoms with Gasteiger partial charge in [0.25, 0.3) is 0 Å². The van der Waals surface area contributed by atoms with E-state index in [4.69, 9.17) is 0 Å². The maximum Gasteiger partial charge on any atom is 0.0356 e. The summed E-state index contributed by atoms with van der Waals surface area (Å²) in [5.41, 5.74) is 4.25. The van der Waals surface area contributed by atoms with E-state index in [2.05, 4.69) is 54.3 Å². The Labute approximate surface area is 126 Å². The molecule has 1 atom stereocenters. The average Bonchev–Trinajstić information content (AvgIpc) is 2.71. The summed E-state index contributed by atoms with van der Waals surface area (Å²) < 4.78 is 1.20. The number of piperidine rings is 1. The highest BCUT2D eigenvalue weighted by molar-refractivity contribution is 9.11. The minimum atomic E-state index is 0.614. The van der Waals surface area contributed by atoms with E-state index in [1.807, 2.05) is 0 Å². The van der Waals surface area contributed by atoms with Gasteiger partial charge in [-0.05, 0) is 80.2 Å². The van der Waals surface area contributed by atoms with Crippen LogP contribution in [0.2, 0.25) is 0 Å². The van der Waals surface area contributed by atoms with Gasteiger partial charge in [-0.15, -0.1) is 0 Å². The summed E-state index contributed by atoms with van der Waals surface area (Å²) in [6.07, 6.45) is 7.37. The molecule has 0 aromatic heterocycles. The summed E-state index contributed by atoms with van der Waals surface area (Å²) in [5.74, 6) is 0.902. The molecule has 2 rings (SSSR count). The highest BCUT2D eigenvalue weighted by atomic mass is 79.9. The molecular weight excluding hydrogens is 298 g/mol. The molecule has 0 N–H and O–H groups in total. The Morgan fingerprint density at radius 3 is 2.47 bits per heavy atom. The van der Waals surface area contributed by atoms with Crippen molar-refractivity contribution in [2.75, 3.05) is 13.1 Å². The first-order chi connectivity index (χ1) is 8.99. The Kier molecular flexibility index (Phi) is 5.08. The van der Waals surface area contributed by atoms with Crippen LogP contribution in [0, 0.1) is 5.92 Å². The van der Waals surface area contributed by atoms with E-state index in [9.17, 15) is 0 Å². The second-order valence-electron chi connectivity index (χ2n) is 6.20. The summed E-state index contributed by atoms with van der Waals surface area (Å²) >= 11 is 3.55. The molecule has 1 saturated heterocycles. The fourth-order valence-corrected chi connectivity index (χ4v) is 3.79. The topological polar surface area (TPSA) is 3.24 Å². The van der Waals surface area contributed by atoms with Crippen molar-refractivity contribution >= 4 is 15.9 Å². The number of nitrogens with zero attached hydrogens (tertiary/aromatic N) is 1. The van der Waals surface area contributed by atoms with E-state index < -0.39 is 0 Å². The molecular formula is C17H26BrN. The third-order valence-electron chi connectivity index (χ3n) is 4.53. The molecule has 2 heteroatoms. The van der Waals surface area contributed by atoms with Crippen molar-refractivity contribution in [3.8, 4) is 0 Å². The Morgan fingerprint density at radius 1 is 1.26 bits per heavy atom. The second-order valence-corrected chi connectivity index (χ2v) is 7.46. The second kappa shape index (κ2) is 6.41. The van der Waals surface area contributed by atoms with Crippen LogP contribution in [0.1, 0.15) is 46.5 Å². The molecule has 0 aromatic carbocycles. The first-order valence-corrected chi connectivity index (χ1v) is 8.25. The Balaban J connectivity index is 2.20. The number of rotatable bonds is 2. The van der Waals surface area contributed by atoms with E-state index in [1.165, 1.54) is 60.0 Å². The molecule has 0 aromatic rings. The predicted molar refractivity (Wildman–Crippen MR) is 87.5 cm³/mol. The predicted octanol–water partition coefficient (Wildman–Crippen LogP) is 5.05. The Hall–Kier alpha value is -0.340. The van der Waals surface area contributed by atoms with Crippen molar-refractivity contribution in [1.29, 1.82) is 0 Å². The number of hydrogen-bond donors (Lipinski definition) is 0. The van der Waals surface area contributed by atoms with E-state index >= 15 is 0 Å².